The highest BCUT2D eigenvalue weighted by atomic mass is 15.2. The van der Waals surface area contributed by atoms with E-state index < -0.39 is 0 Å². The summed E-state index contributed by atoms with van der Waals surface area (Å²) in [7, 11) is 0. The molecule has 0 spiro atoms. The first-order valence-electron chi connectivity index (χ1n) is 5.25. The molecule has 0 aromatic rings. The second kappa shape index (κ2) is 3.35. The third kappa shape index (κ3) is 1.80. The summed E-state index contributed by atoms with van der Waals surface area (Å²) in [6.07, 6.45) is 2.94. The maximum atomic E-state index is 3.48. The second-order valence-corrected chi connectivity index (χ2v) is 4.43. The molecule has 1 N–H and O–H groups in total. The van der Waals surface area contributed by atoms with E-state index in [1.165, 1.54) is 32.5 Å². The minimum absolute atomic E-state index is 0.694. The summed E-state index contributed by atoms with van der Waals surface area (Å²) in [6.45, 7) is 8.36. The van der Waals surface area contributed by atoms with Gasteiger partial charge in [0.1, 0.15) is 0 Å². The van der Waals surface area contributed by atoms with E-state index in [1.54, 1.807) is 0 Å². The Morgan fingerprint density at radius 3 is 2.75 bits per heavy atom. The Morgan fingerprint density at radius 1 is 1.42 bits per heavy atom. The first-order chi connectivity index (χ1) is 5.77. The predicted molar refractivity (Wildman–Crippen MR) is 51.2 cm³/mol. The van der Waals surface area contributed by atoms with Gasteiger partial charge in [0.05, 0.1) is 0 Å². The van der Waals surface area contributed by atoms with Gasteiger partial charge in [-0.3, -0.25) is 4.90 Å². The molecule has 1 aliphatic carbocycles. The van der Waals surface area contributed by atoms with Gasteiger partial charge in [0.25, 0.3) is 0 Å². The van der Waals surface area contributed by atoms with Gasteiger partial charge in [-0.25, -0.2) is 0 Å². The summed E-state index contributed by atoms with van der Waals surface area (Å²) < 4.78 is 0. The summed E-state index contributed by atoms with van der Waals surface area (Å²) >= 11 is 0. The molecule has 2 atom stereocenters. The summed E-state index contributed by atoms with van der Waals surface area (Å²) in [4.78, 5) is 2.65. The van der Waals surface area contributed by atoms with Gasteiger partial charge in [0.15, 0.2) is 0 Å². The van der Waals surface area contributed by atoms with Crippen LogP contribution in [0.2, 0.25) is 0 Å². The van der Waals surface area contributed by atoms with Gasteiger partial charge >= 0.3 is 0 Å². The Kier molecular flexibility index (Phi) is 2.37. The number of hydrogen-bond donors (Lipinski definition) is 1. The fourth-order valence-corrected chi connectivity index (χ4v) is 2.21. The molecule has 1 saturated carbocycles. The van der Waals surface area contributed by atoms with Crippen molar-refractivity contribution in [2.24, 2.45) is 5.92 Å². The fraction of sp³-hybridized carbons (Fsp3) is 1.00. The molecular formula is C10H20N2. The monoisotopic (exact) mass is 168 g/mol. The standard InChI is InChI=1S/C10H20N2/c1-8-7-12(6-5-11-8)9(2)10-3-4-10/h8-11H,3-7H2,1-2H3. The van der Waals surface area contributed by atoms with Crippen LogP contribution in [0.5, 0.6) is 0 Å². The molecule has 2 unspecified atom stereocenters. The highest BCUT2D eigenvalue weighted by molar-refractivity contribution is 4.88. The fourth-order valence-electron chi connectivity index (χ4n) is 2.21. The molecule has 2 heteroatoms. The van der Waals surface area contributed by atoms with E-state index in [0.717, 1.165) is 12.0 Å². The third-order valence-electron chi connectivity index (χ3n) is 3.28. The zero-order valence-corrected chi connectivity index (χ0v) is 8.21. The number of rotatable bonds is 2. The van der Waals surface area contributed by atoms with E-state index in [0.29, 0.717) is 6.04 Å². The van der Waals surface area contributed by atoms with Crippen molar-refractivity contribution in [3.8, 4) is 0 Å². The van der Waals surface area contributed by atoms with Gasteiger partial charge in [-0.1, -0.05) is 0 Å². The van der Waals surface area contributed by atoms with Crippen LogP contribution < -0.4 is 5.32 Å². The molecule has 1 heterocycles. The van der Waals surface area contributed by atoms with Crippen LogP contribution in [0.25, 0.3) is 0 Å². The molecule has 0 radical (unpaired) electrons. The summed E-state index contributed by atoms with van der Waals surface area (Å²) in [5, 5.41) is 3.48. The van der Waals surface area contributed by atoms with Crippen LogP contribution in [-0.2, 0) is 0 Å². The van der Waals surface area contributed by atoms with Gasteiger partial charge in [-0.15, -0.1) is 0 Å². The van der Waals surface area contributed by atoms with Gasteiger partial charge < -0.3 is 5.32 Å². The SMILES string of the molecule is CC1CN(C(C)C2CC2)CCN1. The molecule has 1 saturated heterocycles. The maximum absolute atomic E-state index is 3.48. The van der Waals surface area contributed by atoms with Gasteiger partial charge in [0, 0.05) is 31.7 Å². The van der Waals surface area contributed by atoms with Crippen LogP contribution in [0.15, 0.2) is 0 Å². The highest BCUT2D eigenvalue weighted by Crippen LogP contribution is 2.35. The molecule has 2 fully saturated rings. The minimum Gasteiger partial charge on any atom is -0.312 e. The number of hydrogen-bond acceptors (Lipinski definition) is 2. The average Bonchev–Trinajstić information content (AvgIpc) is 2.85. The zero-order valence-electron chi connectivity index (χ0n) is 8.21. The maximum Gasteiger partial charge on any atom is 0.0167 e. The lowest BCUT2D eigenvalue weighted by Crippen LogP contribution is -2.52. The minimum atomic E-state index is 0.694. The van der Waals surface area contributed by atoms with Gasteiger partial charge in [-0.2, -0.15) is 0 Å². The van der Waals surface area contributed by atoms with Crippen molar-refractivity contribution in [2.45, 2.75) is 38.8 Å². The van der Waals surface area contributed by atoms with Crippen LogP contribution in [0, 0.1) is 5.92 Å². The molecule has 0 aromatic heterocycles. The Labute approximate surface area is 75.3 Å². The third-order valence-corrected chi connectivity index (χ3v) is 3.28. The summed E-state index contributed by atoms with van der Waals surface area (Å²) in [6, 6.07) is 1.54. The van der Waals surface area contributed by atoms with Crippen molar-refractivity contribution in [3.05, 3.63) is 0 Å². The highest BCUT2D eigenvalue weighted by Gasteiger charge is 2.33. The van der Waals surface area contributed by atoms with Crippen LogP contribution in [0.4, 0.5) is 0 Å². The van der Waals surface area contributed by atoms with E-state index >= 15 is 0 Å². The Morgan fingerprint density at radius 2 is 2.17 bits per heavy atom. The van der Waals surface area contributed by atoms with Crippen LogP contribution >= 0.6 is 0 Å². The van der Waals surface area contributed by atoms with E-state index in [1.807, 2.05) is 0 Å². The molecule has 0 aromatic carbocycles. The van der Waals surface area contributed by atoms with Crippen molar-refractivity contribution in [1.29, 1.82) is 0 Å². The predicted octanol–water partition coefficient (Wildman–Crippen LogP) is 1.08. The lowest BCUT2D eigenvalue weighted by Gasteiger charge is -2.36. The van der Waals surface area contributed by atoms with Crippen molar-refractivity contribution in [3.63, 3.8) is 0 Å². The largest absolute Gasteiger partial charge is 0.312 e. The van der Waals surface area contributed by atoms with Crippen molar-refractivity contribution in [1.82, 2.24) is 10.2 Å². The molecular weight excluding hydrogens is 148 g/mol. The molecule has 2 rings (SSSR count). The Hall–Kier alpha value is -0.0800. The van der Waals surface area contributed by atoms with E-state index in [2.05, 4.69) is 24.1 Å². The van der Waals surface area contributed by atoms with Crippen molar-refractivity contribution in [2.75, 3.05) is 19.6 Å². The quantitative estimate of drug-likeness (QED) is 0.663. The van der Waals surface area contributed by atoms with Crippen LogP contribution in [0.3, 0.4) is 0 Å². The molecule has 0 amide bonds. The van der Waals surface area contributed by atoms with Crippen molar-refractivity contribution < 1.29 is 0 Å². The molecule has 0 bridgehead atoms. The Balaban J connectivity index is 1.84. The van der Waals surface area contributed by atoms with Gasteiger partial charge in [0.2, 0.25) is 0 Å². The molecule has 2 aliphatic rings. The number of nitrogens with one attached hydrogen (secondary N) is 1. The molecule has 12 heavy (non-hydrogen) atoms. The zero-order chi connectivity index (χ0) is 8.55. The summed E-state index contributed by atoms with van der Waals surface area (Å²) in [5.41, 5.74) is 0. The Bertz CT molecular complexity index is 154. The number of nitrogens with zero attached hydrogens (tertiary/aromatic N) is 1. The van der Waals surface area contributed by atoms with E-state index in [4.69, 9.17) is 0 Å². The smallest absolute Gasteiger partial charge is 0.0167 e. The van der Waals surface area contributed by atoms with Crippen LogP contribution in [-0.4, -0.2) is 36.6 Å². The lowest BCUT2D eigenvalue weighted by atomic mass is 10.1. The lowest BCUT2D eigenvalue weighted by molar-refractivity contribution is 0.144. The van der Waals surface area contributed by atoms with Gasteiger partial charge in [-0.05, 0) is 32.6 Å². The second-order valence-electron chi connectivity index (χ2n) is 4.43. The average molecular weight is 168 g/mol. The summed E-state index contributed by atoms with van der Waals surface area (Å²) in [5.74, 6) is 1.02. The normalized spacial score (nSPS) is 35.0. The molecule has 70 valence electrons. The number of piperazine rings is 1. The molecule has 1 aliphatic heterocycles. The van der Waals surface area contributed by atoms with E-state index in [-0.39, 0.29) is 0 Å². The van der Waals surface area contributed by atoms with Crippen LogP contribution in [0.1, 0.15) is 26.7 Å². The van der Waals surface area contributed by atoms with E-state index in [9.17, 15) is 0 Å². The topological polar surface area (TPSA) is 15.3 Å². The molecule has 2 nitrogen and oxygen atoms in total. The first-order valence-corrected chi connectivity index (χ1v) is 5.25. The first kappa shape index (κ1) is 8.52. The van der Waals surface area contributed by atoms with Crippen molar-refractivity contribution >= 4 is 0 Å².